The summed E-state index contributed by atoms with van der Waals surface area (Å²) in [4.78, 5) is 8.64. The fraction of sp³-hybridized carbons (Fsp3) is 0.455. The van der Waals surface area contributed by atoms with Crippen LogP contribution in [0.3, 0.4) is 0 Å². The molecule has 4 nitrogen and oxygen atoms in total. The second-order valence-electron chi connectivity index (χ2n) is 4.07. The normalized spacial score (nSPS) is 18.2. The quantitative estimate of drug-likeness (QED) is 0.777. The minimum absolute atomic E-state index is 0.109. The van der Waals surface area contributed by atoms with E-state index in [-0.39, 0.29) is 18.3 Å². The Bertz CT molecular complexity index is 389. The number of rotatable bonds is 5. The van der Waals surface area contributed by atoms with Crippen molar-refractivity contribution < 1.29 is 19.1 Å². The van der Waals surface area contributed by atoms with E-state index in [9.17, 15) is 9.67 Å². The lowest BCUT2D eigenvalue weighted by Crippen LogP contribution is -2.07. The SMILES string of the molecule is O=[P+](O)OCC(c1cccc(O)c1)C1CC1. The summed E-state index contributed by atoms with van der Waals surface area (Å²) >= 11 is 0. The van der Waals surface area contributed by atoms with Gasteiger partial charge in [0.2, 0.25) is 0 Å². The van der Waals surface area contributed by atoms with Crippen molar-refractivity contribution >= 4 is 8.25 Å². The lowest BCUT2D eigenvalue weighted by atomic mass is 9.95. The molecule has 1 saturated carbocycles. The van der Waals surface area contributed by atoms with Crippen LogP contribution < -0.4 is 0 Å². The lowest BCUT2D eigenvalue weighted by molar-refractivity contribution is 0.251. The van der Waals surface area contributed by atoms with Crippen LogP contribution in [0, 0.1) is 5.92 Å². The lowest BCUT2D eigenvalue weighted by Gasteiger charge is -2.13. The Morgan fingerprint density at radius 1 is 1.50 bits per heavy atom. The molecule has 86 valence electrons. The van der Waals surface area contributed by atoms with Crippen molar-refractivity contribution in [2.24, 2.45) is 5.92 Å². The first-order valence-electron chi connectivity index (χ1n) is 5.25. The Labute approximate surface area is 94.8 Å². The Kier molecular flexibility index (Phi) is 3.54. The highest BCUT2D eigenvalue weighted by atomic mass is 31.1. The average Bonchev–Trinajstić information content (AvgIpc) is 3.02. The molecule has 2 rings (SSSR count). The molecule has 0 aliphatic heterocycles. The number of hydrogen-bond donors (Lipinski definition) is 2. The molecule has 0 heterocycles. The van der Waals surface area contributed by atoms with Crippen LogP contribution >= 0.6 is 8.25 Å². The third-order valence-corrected chi connectivity index (χ3v) is 3.22. The van der Waals surface area contributed by atoms with E-state index in [1.807, 2.05) is 6.07 Å². The summed E-state index contributed by atoms with van der Waals surface area (Å²) in [6.07, 6.45) is 2.23. The van der Waals surface area contributed by atoms with E-state index < -0.39 is 8.25 Å². The van der Waals surface area contributed by atoms with Crippen LogP contribution in [0.4, 0.5) is 0 Å². The van der Waals surface area contributed by atoms with E-state index in [0.29, 0.717) is 5.92 Å². The summed E-state index contributed by atoms with van der Waals surface area (Å²) in [6.45, 7) is 0.236. The number of aromatic hydroxyl groups is 1. The number of benzene rings is 1. The fourth-order valence-electron chi connectivity index (χ4n) is 1.90. The van der Waals surface area contributed by atoms with Gasteiger partial charge in [0.15, 0.2) is 0 Å². The molecular weight excluding hydrogens is 227 g/mol. The largest absolute Gasteiger partial charge is 0.694 e. The van der Waals surface area contributed by atoms with Crippen molar-refractivity contribution in [3.63, 3.8) is 0 Å². The predicted octanol–water partition coefficient (Wildman–Crippen LogP) is 2.55. The molecule has 1 aliphatic rings. The van der Waals surface area contributed by atoms with E-state index >= 15 is 0 Å². The molecule has 0 amide bonds. The highest BCUT2D eigenvalue weighted by Gasteiger charge is 2.34. The van der Waals surface area contributed by atoms with Gasteiger partial charge in [-0.2, -0.15) is 0 Å². The first-order chi connectivity index (χ1) is 7.66. The van der Waals surface area contributed by atoms with Gasteiger partial charge in [0, 0.05) is 10.5 Å². The predicted molar refractivity (Wildman–Crippen MR) is 59.3 cm³/mol. The topological polar surface area (TPSA) is 66.8 Å². The van der Waals surface area contributed by atoms with Crippen LogP contribution in [-0.2, 0) is 9.09 Å². The van der Waals surface area contributed by atoms with E-state index in [1.54, 1.807) is 18.2 Å². The fourth-order valence-corrected chi connectivity index (χ4v) is 2.19. The number of hydrogen-bond acceptors (Lipinski definition) is 3. The molecule has 0 aromatic heterocycles. The molecule has 0 radical (unpaired) electrons. The Morgan fingerprint density at radius 2 is 2.25 bits per heavy atom. The third kappa shape index (κ3) is 3.01. The summed E-state index contributed by atoms with van der Waals surface area (Å²) in [5, 5.41) is 9.39. The van der Waals surface area contributed by atoms with Gasteiger partial charge in [0.25, 0.3) is 0 Å². The van der Waals surface area contributed by atoms with E-state index in [0.717, 1.165) is 18.4 Å². The molecule has 1 aliphatic carbocycles. The highest BCUT2D eigenvalue weighted by Crippen LogP contribution is 2.44. The average molecular weight is 241 g/mol. The van der Waals surface area contributed by atoms with Gasteiger partial charge in [-0.15, -0.1) is 9.42 Å². The minimum Gasteiger partial charge on any atom is -0.508 e. The zero-order valence-electron chi connectivity index (χ0n) is 8.74. The molecule has 16 heavy (non-hydrogen) atoms. The summed E-state index contributed by atoms with van der Waals surface area (Å²) in [5.74, 6) is 0.839. The van der Waals surface area contributed by atoms with Gasteiger partial charge in [-0.25, -0.2) is 0 Å². The van der Waals surface area contributed by atoms with Gasteiger partial charge < -0.3 is 5.11 Å². The van der Waals surface area contributed by atoms with E-state index in [2.05, 4.69) is 0 Å². The molecule has 2 N–H and O–H groups in total. The van der Waals surface area contributed by atoms with Crippen molar-refractivity contribution in [1.82, 2.24) is 0 Å². The van der Waals surface area contributed by atoms with Crippen molar-refractivity contribution in [1.29, 1.82) is 0 Å². The minimum atomic E-state index is -2.54. The van der Waals surface area contributed by atoms with Crippen LogP contribution in [-0.4, -0.2) is 16.6 Å². The van der Waals surface area contributed by atoms with E-state index in [4.69, 9.17) is 9.42 Å². The smallest absolute Gasteiger partial charge is 0.508 e. The first kappa shape index (κ1) is 11.5. The van der Waals surface area contributed by atoms with Crippen LogP contribution in [0.2, 0.25) is 0 Å². The maximum absolute atomic E-state index is 10.5. The zero-order chi connectivity index (χ0) is 11.5. The standard InChI is InChI=1S/C11H13O4P/c12-10-3-1-2-9(6-10)11(8-4-5-8)7-15-16(13)14/h1-3,6,8,11H,4-5,7H2,(H-,12,13,14)/p+1. The monoisotopic (exact) mass is 241 g/mol. The maximum atomic E-state index is 10.5. The second-order valence-corrected chi connectivity index (χ2v) is 4.81. The van der Waals surface area contributed by atoms with Gasteiger partial charge in [-0.05, 0) is 36.5 Å². The summed E-state index contributed by atoms with van der Waals surface area (Å²) in [5.41, 5.74) is 0.972. The number of phenols is 1. The van der Waals surface area contributed by atoms with E-state index in [1.165, 1.54) is 0 Å². The molecule has 0 saturated heterocycles. The van der Waals surface area contributed by atoms with Crippen LogP contribution in [0.25, 0.3) is 0 Å². The molecule has 0 bridgehead atoms. The molecule has 2 unspecified atom stereocenters. The molecule has 1 aromatic carbocycles. The van der Waals surface area contributed by atoms with Gasteiger partial charge in [-0.1, -0.05) is 12.1 Å². The van der Waals surface area contributed by atoms with Gasteiger partial charge >= 0.3 is 8.25 Å². The van der Waals surface area contributed by atoms with Crippen molar-refractivity contribution in [3.8, 4) is 5.75 Å². The maximum Gasteiger partial charge on any atom is 0.694 e. The third-order valence-electron chi connectivity index (χ3n) is 2.85. The Hall–Kier alpha value is -0.960. The molecule has 1 aromatic rings. The molecule has 1 fully saturated rings. The molecule has 5 heteroatoms. The van der Waals surface area contributed by atoms with Crippen molar-refractivity contribution in [2.45, 2.75) is 18.8 Å². The summed E-state index contributed by atoms with van der Waals surface area (Å²) in [6, 6.07) is 6.99. The van der Waals surface area contributed by atoms with Gasteiger partial charge in [-0.3, -0.25) is 0 Å². The molecular formula is C11H14O4P+. The summed E-state index contributed by atoms with van der Waals surface area (Å²) in [7, 11) is -2.54. The second kappa shape index (κ2) is 4.91. The Morgan fingerprint density at radius 3 is 2.81 bits per heavy atom. The molecule has 0 spiro atoms. The Balaban J connectivity index is 2.09. The molecule has 2 atom stereocenters. The van der Waals surface area contributed by atoms with Crippen molar-refractivity contribution in [2.75, 3.05) is 6.61 Å². The van der Waals surface area contributed by atoms with Gasteiger partial charge in [0.05, 0.1) is 0 Å². The van der Waals surface area contributed by atoms with Crippen LogP contribution in [0.5, 0.6) is 5.75 Å². The summed E-state index contributed by atoms with van der Waals surface area (Å²) < 4.78 is 15.3. The zero-order valence-corrected chi connectivity index (χ0v) is 9.64. The first-order valence-corrected chi connectivity index (χ1v) is 6.38. The van der Waals surface area contributed by atoms with Crippen molar-refractivity contribution in [3.05, 3.63) is 29.8 Å². The van der Waals surface area contributed by atoms with Crippen LogP contribution in [0.1, 0.15) is 24.3 Å². The van der Waals surface area contributed by atoms with Gasteiger partial charge in [0.1, 0.15) is 12.4 Å². The highest BCUT2D eigenvalue weighted by molar-refractivity contribution is 7.32. The number of phenolic OH excluding ortho intramolecular Hbond substituents is 1. The van der Waals surface area contributed by atoms with Crippen LogP contribution in [0.15, 0.2) is 24.3 Å².